The molecule has 1 aromatic rings. The quantitative estimate of drug-likeness (QED) is 0.132. The summed E-state index contributed by atoms with van der Waals surface area (Å²) in [5.74, 6) is -1.04. The molecular weight excluding hydrogens is 625 g/mol. The van der Waals surface area contributed by atoms with Crippen molar-refractivity contribution in [2.45, 2.75) is 0 Å². The van der Waals surface area contributed by atoms with Crippen LogP contribution in [0.5, 0.6) is 5.75 Å². The van der Waals surface area contributed by atoms with E-state index in [0.717, 1.165) is 19.6 Å². The second-order valence-electron chi connectivity index (χ2n) is 10.1. The SMILES string of the molecule is CNC(=O)N(C)CP(CN(C)C(=O)NC)(CN(C)C(=O)NC)(CN(C)C(=O)NC)Oc1c([N+](=O)[O-])cc([N+](=O)[O-])cc1[N+](=O)[O-]. The van der Waals surface area contributed by atoms with Gasteiger partial charge in [0.05, 0.1) is 0 Å². The number of nitro benzene ring substituents is 3. The van der Waals surface area contributed by atoms with Crippen molar-refractivity contribution in [3.8, 4) is 5.75 Å². The molecule has 0 heterocycles. The number of benzene rings is 1. The zero-order valence-electron chi connectivity index (χ0n) is 26.1. The van der Waals surface area contributed by atoms with Gasteiger partial charge in [0.1, 0.15) is 0 Å². The van der Waals surface area contributed by atoms with E-state index in [4.69, 9.17) is 4.52 Å². The zero-order valence-corrected chi connectivity index (χ0v) is 26.9. The molecule has 23 heteroatoms. The molecule has 1 rings (SSSR count). The molecule has 1 aromatic carbocycles. The van der Waals surface area contributed by atoms with Gasteiger partial charge in [-0.3, -0.25) is 0 Å². The predicted molar refractivity (Wildman–Crippen MR) is 162 cm³/mol. The zero-order chi connectivity index (χ0) is 34.9. The summed E-state index contributed by atoms with van der Waals surface area (Å²) < 4.78 is 6.51. The summed E-state index contributed by atoms with van der Waals surface area (Å²) >= 11 is 0. The van der Waals surface area contributed by atoms with Gasteiger partial charge in [0.2, 0.25) is 0 Å². The van der Waals surface area contributed by atoms with E-state index in [1.807, 2.05) is 0 Å². The van der Waals surface area contributed by atoms with Crippen LogP contribution in [0, 0.1) is 30.3 Å². The Balaban J connectivity index is 4.56. The average Bonchev–Trinajstić information content (AvgIpc) is 2.98. The first kappa shape index (κ1) is 37.8. The summed E-state index contributed by atoms with van der Waals surface area (Å²) in [5.41, 5.74) is -3.35. The molecule has 0 fully saturated rings. The van der Waals surface area contributed by atoms with Crippen LogP contribution in [0.2, 0.25) is 0 Å². The molecule has 252 valence electrons. The van der Waals surface area contributed by atoms with Gasteiger partial charge < -0.3 is 0 Å². The summed E-state index contributed by atoms with van der Waals surface area (Å²) in [7, 11) is 10.4. The number of hydrogen-bond donors (Lipinski definition) is 4. The number of hydrogen-bond acceptors (Lipinski definition) is 11. The molecule has 0 saturated heterocycles. The molecule has 4 N–H and O–H groups in total. The fourth-order valence-corrected chi connectivity index (χ4v) is 11.1. The van der Waals surface area contributed by atoms with Crippen LogP contribution < -0.4 is 25.8 Å². The van der Waals surface area contributed by atoms with Crippen LogP contribution in [-0.4, -0.2) is 140 Å². The minimum absolute atomic E-state index is 0.462. The maximum atomic E-state index is 12.9. The first-order chi connectivity index (χ1) is 20.8. The molecule has 8 amide bonds. The Bertz CT molecular complexity index is 1220. The molecule has 0 saturated carbocycles. The van der Waals surface area contributed by atoms with Crippen molar-refractivity contribution in [3.05, 3.63) is 42.5 Å². The molecule has 0 atom stereocenters. The Hall–Kier alpha value is -5.27. The minimum atomic E-state index is -5.01. The molecule has 45 heavy (non-hydrogen) atoms. The first-order valence-electron chi connectivity index (χ1n) is 12.8. The summed E-state index contributed by atoms with van der Waals surface area (Å²) in [6, 6.07) is -1.99. The van der Waals surface area contributed by atoms with E-state index < -0.39 is 93.7 Å². The summed E-state index contributed by atoms with van der Waals surface area (Å²) in [5, 5.41) is 45.6. The molecule has 0 aliphatic carbocycles. The number of non-ortho nitro benzene ring substituents is 1. The molecule has 22 nitrogen and oxygen atoms in total. The van der Waals surface area contributed by atoms with Crippen LogP contribution in [0.1, 0.15) is 0 Å². The number of nitrogens with one attached hydrogen (secondary N) is 4. The number of urea groups is 4. The van der Waals surface area contributed by atoms with Crippen LogP contribution in [0.3, 0.4) is 0 Å². The van der Waals surface area contributed by atoms with Gasteiger partial charge in [-0.1, -0.05) is 0 Å². The van der Waals surface area contributed by atoms with E-state index >= 15 is 0 Å². The van der Waals surface area contributed by atoms with Crippen molar-refractivity contribution in [3.63, 3.8) is 0 Å². The molecular formula is C22H38N11O11P. The fourth-order valence-electron chi connectivity index (χ4n) is 4.86. The van der Waals surface area contributed by atoms with Crippen molar-refractivity contribution in [2.75, 3.05) is 81.5 Å². The number of carbonyl (C=O) groups excluding carboxylic acids is 4. The van der Waals surface area contributed by atoms with E-state index in [1.165, 1.54) is 56.4 Å². The number of nitro groups is 3. The third-order valence-corrected chi connectivity index (χ3v) is 11.8. The first-order valence-corrected chi connectivity index (χ1v) is 15.7. The third kappa shape index (κ3) is 8.87. The van der Waals surface area contributed by atoms with Gasteiger partial charge in [0, 0.05) is 0 Å². The molecule has 0 aromatic heterocycles. The van der Waals surface area contributed by atoms with E-state index in [9.17, 15) is 49.5 Å². The van der Waals surface area contributed by atoms with E-state index in [1.54, 1.807) is 0 Å². The van der Waals surface area contributed by atoms with Gasteiger partial charge in [0.25, 0.3) is 0 Å². The number of amides is 8. The molecule has 0 bridgehead atoms. The summed E-state index contributed by atoms with van der Waals surface area (Å²) in [4.78, 5) is 88.6. The van der Waals surface area contributed by atoms with Gasteiger partial charge in [-0.25, -0.2) is 0 Å². The van der Waals surface area contributed by atoms with E-state index in [2.05, 4.69) is 21.3 Å². The Kier molecular flexibility index (Phi) is 12.5. The Morgan fingerprint density at radius 3 is 1.09 bits per heavy atom. The van der Waals surface area contributed by atoms with Gasteiger partial charge in [-0.15, -0.1) is 0 Å². The summed E-state index contributed by atoms with van der Waals surface area (Å²) in [6.45, 7) is -5.01. The topological polar surface area (TPSA) is 268 Å². The van der Waals surface area contributed by atoms with Gasteiger partial charge >= 0.3 is 257 Å². The molecule has 0 radical (unpaired) electrons. The Labute approximate surface area is 257 Å². The van der Waals surface area contributed by atoms with Gasteiger partial charge in [-0.05, 0) is 0 Å². The van der Waals surface area contributed by atoms with Crippen molar-refractivity contribution in [1.82, 2.24) is 40.9 Å². The van der Waals surface area contributed by atoms with E-state index in [0.29, 0.717) is 12.1 Å². The van der Waals surface area contributed by atoms with Gasteiger partial charge in [-0.2, -0.15) is 0 Å². The standard InChI is InChI=1S/C22H38N11O11P/c1-23-19(34)27(5)11-45(12-28(6)20(35)24-2,13-29(7)21(36)25-3,14-30(8)22(37)26-4)44-18-16(32(40)41)9-15(31(38)39)10-17(18)33(42)43/h9-10H,11-14H2,1-8H3,(H,23,34)(H,24,35)(H,25,36)(H,26,37). The van der Waals surface area contributed by atoms with Crippen molar-refractivity contribution >= 4 is 48.0 Å². The second-order valence-corrected chi connectivity index (χ2v) is 15.1. The van der Waals surface area contributed by atoms with Gasteiger partial charge in [0.15, 0.2) is 0 Å². The van der Waals surface area contributed by atoms with E-state index in [-0.39, 0.29) is 0 Å². The normalized spacial score (nSPS) is 11.5. The monoisotopic (exact) mass is 663 g/mol. The predicted octanol–water partition coefficient (Wildman–Crippen LogP) is 1.17. The Morgan fingerprint density at radius 1 is 0.622 bits per heavy atom. The number of carbonyl (C=O) groups is 4. The number of nitrogens with zero attached hydrogens (tertiary/aromatic N) is 7. The third-order valence-electron chi connectivity index (χ3n) is 6.51. The van der Waals surface area contributed by atoms with Crippen molar-refractivity contribution in [2.24, 2.45) is 0 Å². The van der Waals surface area contributed by atoms with Crippen LogP contribution in [0.25, 0.3) is 0 Å². The summed E-state index contributed by atoms with van der Waals surface area (Å²) in [6.07, 6.45) is -2.22. The van der Waals surface area contributed by atoms with Crippen molar-refractivity contribution in [1.29, 1.82) is 0 Å². The second kappa shape index (κ2) is 14.9. The fraction of sp³-hybridized carbons (Fsp3) is 0.545. The van der Waals surface area contributed by atoms with Crippen LogP contribution in [0.15, 0.2) is 12.1 Å². The molecule has 0 unspecified atom stereocenters. The van der Waals surface area contributed by atoms with Crippen LogP contribution >= 0.6 is 6.83 Å². The Morgan fingerprint density at radius 2 is 0.889 bits per heavy atom. The maximum absolute atomic E-state index is 12.9. The number of rotatable bonds is 13. The molecule has 0 spiro atoms. The molecule has 0 aliphatic heterocycles. The van der Waals surface area contributed by atoms with Crippen LogP contribution in [0.4, 0.5) is 36.2 Å². The van der Waals surface area contributed by atoms with Crippen LogP contribution in [-0.2, 0) is 0 Å². The molecule has 0 aliphatic rings. The van der Waals surface area contributed by atoms with Crippen molar-refractivity contribution < 1.29 is 38.5 Å². The average molecular weight is 664 g/mol.